The van der Waals surface area contributed by atoms with Gasteiger partial charge >= 0.3 is 0 Å². The molecule has 0 radical (unpaired) electrons. The number of carbonyl (C=O) groups excluding carboxylic acids is 1. The van der Waals surface area contributed by atoms with E-state index in [2.05, 4.69) is 15.6 Å². The summed E-state index contributed by atoms with van der Waals surface area (Å²) in [5.41, 5.74) is 0.841. The van der Waals surface area contributed by atoms with Gasteiger partial charge in [-0.3, -0.25) is 14.9 Å². The molecule has 0 atom stereocenters. The lowest BCUT2D eigenvalue weighted by atomic mass is 9.91. The van der Waals surface area contributed by atoms with E-state index < -0.39 is 4.92 Å². The molecular formula is C23H25ClN6O3. The number of fused-ring (bicyclic) bond motifs is 1. The minimum Gasteiger partial charge on any atom is -0.362 e. The maximum absolute atomic E-state index is 12.6. The average Bonchev–Trinajstić information content (AvgIpc) is 2.79. The van der Waals surface area contributed by atoms with Crippen LogP contribution in [-0.4, -0.2) is 47.0 Å². The van der Waals surface area contributed by atoms with E-state index in [4.69, 9.17) is 16.6 Å². The molecule has 1 aliphatic carbocycles. The minimum absolute atomic E-state index is 0.000132. The van der Waals surface area contributed by atoms with Gasteiger partial charge in [0.1, 0.15) is 10.8 Å². The van der Waals surface area contributed by atoms with Crippen LogP contribution in [0.4, 0.5) is 17.5 Å². The number of benzene rings is 2. The zero-order valence-corrected chi connectivity index (χ0v) is 19.2. The number of hydrogen-bond acceptors (Lipinski definition) is 7. The Bertz CT molecular complexity index is 1190. The summed E-state index contributed by atoms with van der Waals surface area (Å²) in [6.07, 6.45) is 3.26. The van der Waals surface area contributed by atoms with Crippen LogP contribution in [0.2, 0.25) is 5.02 Å². The standard InChI is InChI=1S/C23H25ClN6O3/c1-29(2)21-17-5-3-4-6-19(17)27-23(28-21)26-16-10-8-15(9-11-16)25-22(31)14-7-12-18(24)20(13-14)30(32)33/h3-7,12-13,15-16H,8-11H2,1-2H3,(H,25,31)(H,26,27,28). The van der Waals surface area contributed by atoms with Crippen LogP contribution >= 0.6 is 11.6 Å². The van der Waals surface area contributed by atoms with Crippen molar-refractivity contribution in [1.29, 1.82) is 0 Å². The summed E-state index contributed by atoms with van der Waals surface area (Å²) in [5.74, 6) is 1.12. The number of carbonyl (C=O) groups is 1. The van der Waals surface area contributed by atoms with Crippen molar-refractivity contribution in [3.8, 4) is 0 Å². The molecule has 10 heteroatoms. The van der Waals surface area contributed by atoms with Crippen LogP contribution in [0.1, 0.15) is 36.0 Å². The Balaban J connectivity index is 1.37. The molecule has 0 bridgehead atoms. The van der Waals surface area contributed by atoms with Crippen molar-refractivity contribution in [3.05, 3.63) is 63.2 Å². The zero-order chi connectivity index (χ0) is 23.5. The fourth-order valence-corrected chi connectivity index (χ4v) is 4.28. The van der Waals surface area contributed by atoms with Gasteiger partial charge in [-0.05, 0) is 49.9 Å². The van der Waals surface area contributed by atoms with Crippen LogP contribution in [-0.2, 0) is 0 Å². The number of para-hydroxylation sites is 1. The molecular weight excluding hydrogens is 444 g/mol. The number of hydrogen-bond donors (Lipinski definition) is 2. The number of amides is 1. The highest BCUT2D eigenvalue weighted by atomic mass is 35.5. The Morgan fingerprint density at radius 2 is 1.79 bits per heavy atom. The molecule has 2 N–H and O–H groups in total. The van der Waals surface area contributed by atoms with Crippen molar-refractivity contribution in [2.24, 2.45) is 0 Å². The molecule has 1 fully saturated rings. The lowest BCUT2D eigenvalue weighted by Crippen LogP contribution is -2.40. The lowest BCUT2D eigenvalue weighted by Gasteiger charge is -2.30. The maximum Gasteiger partial charge on any atom is 0.288 e. The first-order valence-corrected chi connectivity index (χ1v) is 11.1. The van der Waals surface area contributed by atoms with Gasteiger partial charge in [0.25, 0.3) is 11.6 Å². The highest BCUT2D eigenvalue weighted by Crippen LogP contribution is 2.27. The molecule has 0 spiro atoms. The van der Waals surface area contributed by atoms with Crippen LogP contribution in [0.25, 0.3) is 10.9 Å². The number of halogens is 1. The first-order chi connectivity index (χ1) is 15.8. The van der Waals surface area contributed by atoms with E-state index in [0.717, 1.165) is 42.4 Å². The fourth-order valence-electron chi connectivity index (χ4n) is 4.09. The molecule has 4 rings (SSSR count). The topological polar surface area (TPSA) is 113 Å². The fraction of sp³-hybridized carbons (Fsp3) is 0.348. The van der Waals surface area contributed by atoms with Crippen LogP contribution < -0.4 is 15.5 Å². The Hall–Kier alpha value is -3.46. The summed E-state index contributed by atoms with van der Waals surface area (Å²) < 4.78 is 0. The SMILES string of the molecule is CN(C)c1nc(NC2CCC(NC(=O)c3ccc(Cl)c([N+](=O)[O-])c3)CC2)nc2ccccc12. The van der Waals surface area contributed by atoms with Gasteiger partial charge in [-0.1, -0.05) is 23.7 Å². The predicted octanol–water partition coefficient (Wildman–Crippen LogP) is 4.41. The first-order valence-electron chi connectivity index (χ1n) is 10.8. The van der Waals surface area contributed by atoms with Gasteiger partial charge in [-0.15, -0.1) is 0 Å². The second-order valence-electron chi connectivity index (χ2n) is 8.37. The number of nitro benzene ring substituents is 1. The number of nitrogens with one attached hydrogen (secondary N) is 2. The van der Waals surface area contributed by atoms with Crippen LogP contribution in [0.15, 0.2) is 42.5 Å². The van der Waals surface area contributed by atoms with Crippen LogP contribution in [0, 0.1) is 10.1 Å². The first kappa shape index (κ1) is 22.7. The summed E-state index contributed by atoms with van der Waals surface area (Å²) in [7, 11) is 3.92. The normalized spacial score (nSPS) is 18.0. The minimum atomic E-state index is -0.591. The predicted molar refractivity (Wildman–Crippen MR) is 129 cm³/mol. The zero-order valence-electron chi connectivity index (χ0n) is 18.4. The quantitative estimate of drug-likeness (QED) is 0.407. The Kier molecular flexibility index (Phi) is 6.60. The Morgan fingerprint density at radius 1 is 1.09 bits per heavy atom. The van der Waals surface area contributed by atoms with E-state index in [1.807, 2.05) is 43.3 Å². The summed E-state index contributed by atoms with van der Waals surface area (Å²) in [5, 5.41) is 18.5. The van der Waals surface area contributed by atoms with Crippen molar-refractivity contribution >= 4 is 45.9 Å². The molecule has 33 heavy (non-hydrogen) atoms. The van der Waals surface area contributed by atoms with E-state index >= 15 is 0 Å². The third-order valence-electron chi connectivity index (χ3n) is 5.81. The molecule has 172 valence electrons. The molecule has 1 heterocycles. The average molecular weight is 469 g/mol. The maximum atomic E-state index is 12.6. The monoisotopic (exact) mass is 468 g/mol. The highest BCUT2D eigenvalue weighted by molar-refractivity contribution is 6.32. The number of aromatic nitrogens is 2. The summed E-state index contributed by atoms with van der Waals surface area (Å²) in [4.78, 5) is 34.4. The third kappa shape index (κ3) is 5.14. The van der Waals surface area contributed by atoms with Crippen LogP contribution in [0.5, 0.6) is 0 Å². The van der Waals surface area contributed by atoms with Crippen molar-refractivity contribution in [3.63, 3.8) is 0 Å². The molecule has 1 aromatic heterocycles. The lowest BCUT2D eigenvalue weighted by molar-refractivity contribution is -0.384. The van der Waals surface area contributed by atoms with Gasteiger partial charge in [0.15, 0.2) is 0 Å². The molecule has 1 amide bonds. The van der Waals surface area contributed by atoms with Gasteiger partial charge in [-0.2, -0.15) is 4.98 Å². The van der Waals surface area contributed by atoms with Gasteiger partial charge in [-0.25, -0.2) is 4.98 Å². The number of nitrogens with zero attached hydrogens (tertiary/aromatic N) is 4. The smallest absolute Gasteiger partial charge is 0.288 e. The van der Waals surface area contributed by atoms with Crippen molar-refractivity contribution in [2.45, 2.75) is 37.8 Å². The number of nitro groups is 1. The number of anilines is 2. The van der Waals surface area contributed by atoms with E-state index in [-0.39, 0.29) is 34.3 Å². The molecule has 2 aromatic carbocycles. The summed E-state index contributed by atoms with van der Waals surface area (Å²) in [6.45, 7) is 0. The summed E-state index contributed by atoms with van der Waals surface area (Å²) >= 11 is 5.84. The van der Waals surface area contributed by atoms with E-state index in [1.54, 1.807) is 0 Å². The Labute approximate surface area is 196 Å². The molecule has 0 unspecified atom stereocenters. The molecule has 9 nitrogen and oxygen atoms in total. The second-order valence-corrected chi connectivity index (χ2v) is 8.78. The van der Waals surface area contributed by atoms with Crippen molar-refractivity contribution in [1.82, 2.24) is 15.3 Å². The van der Waals surface area contributed by atoms with Gasteiger partial charge in [0.05, 0.1) is 10.4 Å². The molecule has 3 aromatic rings. The molecule has 1 saturated carbocycles. The van der Waals surface area contributed by atoms with E-state index in [0.29, 0.717) is 5.95 Å². The second kappa shape index (κ2) is 9.58. The van der Waals surface area contributed by atoms with Crippen molar-refractivity contribution < 1.29 is 9.72 Å². The Morgan fingerprint density at radius 3 is 2.48 bits per heavy atom. The largest absolute Gasteiger partial charge is 0.362 e. The third-order valence-corrected chi connectivity index (χ3v) is 6.13. The van der Waals surface area contributed by atoms with Gasteiger partial charge < -0.3 is 15.5 Å². The van der Waals surface area contributed by atoms with E-state index in [9.17, 15) is 14.9 Å². The number of rotatable bonds is 6. The highest BCUT2D eigenvalue weighted by Gasteiger charge is 2.25. The molecule has 0 aliphatic heterocycles. The molecule has 0 saturated heterocycles. The van der Waals surface area contributed by atoms with Gasteiger partial charge in [0.2, 0.25) is 5.95 Å². The van der Waals surface area contributed by atoms with Gasteiger partial charge in [0, 0.05) is 43.2 Å². The summed E-state index contributed by atoms with van der Waals surface area (Å²) in [6, 6.07) is 12.2. The van der Waals surface area contributed by atoms with Crippen molar-refractivity contribution in [2.75, 3.05) is 24.3 Å². The van der Waals surface area contributed by atoms with Crippen LogP contribution in [0.3, 0.4) is 0 Å². The van der Waals surface area contributed by atoms with E-state index in [1.165, 1.54) is 18.2 Å². The molecule has 1 aliphatic rings.